The molecule has 23 aromatic rings. The number of ether oxygens (including phenoxy) is 1. The Balaban J connectivity index is 0.000000107. The van der Waals surface area contributed by atoms with E-state index in [4.69, 9.17) is 14.7 Å². The Hall–Kier alpha value is -19.6. The fourth-order valence-corrected chi connectivity index (χ4v) is 15.4. The minimum Gasteiger partial charge on any atom is -0.378 e. The van der Waals surface area contributed by atoms with E-state index >= 15 is 0 Å². The van der Waals surface area contributed by atoms with E-state index in [9.17, 15) is 24.0 Å². The van der Waals surface area contributed by atoms with Crippen molar-refractivity contribution in [2.75, 3.05) is 60.3 Å². The normalized spacial score (nSPS) is 11.7. The summed E-state index contributed by atoms with van der Waals surface area (Å²) in [5.74, 6) is 9.48. The lowest BCUT2D eigenvalue weighted by atomic mass is 10.1. The molecule has 139 heavy (non-hydrogen) atoms. The highest BCUT2D eigenvalue weighted by Crippen LogP contribution is 2.40. The third-order valence-corrected chi connectivity index (χ3v) is 22.2. The number of aryl methyl sites for hydroxylation is 5. The molecule has 1 aliphatic rings. The quantitative estimate of drug-likeness (QED) is 0.0267. The van der Waals surface area contributed by atoms with Crippen molar-refractivity contribution < 1.29 is 4.74 Å². The maximum absolute atomic E-state index is 11.7. The molecule has 1 fully saturated rings. The van der Waals surface area contributed by atoms with Crippen molar-refractivity contribution >= 4 is 203 Å². The number of anilines is 20. The predicted molar refractivity (Wildman–Crippen MR) is 538 cm³/mol. The Kier molecular flexibility index (Phi) is 24.1. The summed E-state index contributed by atoms with van der Waals surface area (Å²) in [5.41, 5.74) is 16.0. The molecule has 1 saturated carbocycles. The minimum absolute atomic E-state index is 0.133. The summed E-state index contributed by atoms with van der Waals surface area (Å²) < 4.78 is 5.19. The number of aromatic nitrogens is 28. The van der Waals surface area contributed by atoms with Crippen LogP contribution in [-0.4, -0.2) is 149 Å². The second-order valence-electron chi connectivity index (χ2n) is 32.6. The maximum atomic E-state index is 11.7. The van der Waals surface area contributed by atoms with Crippen LogP contribution in [0, 0.1) is 27.7 Å². The first-order chi connectivity index (χ1) is 67.7. The summed E-state index contributed by atoms with van der Waals surface area (Å²) in [5, 5.41) is 103. The van der Waals surface area contributed by atoms with Crippen LogP contribution in [0.25, 0.3) is 87.1 Å². The van der Waals surface area contributed by atoms with Crippen molar-refractivity contribution in [2.45, 2.75) is 66.4 Å². The molecule has 0 aliphatic heterocycles. The van der Waals surface area contributed by atoms with Gasteiger partial charge in [0.15, 0.2) is 29.1 Å². The van der Waals surface area contributed by atoms with Crippen molar-refractivity contribution in [3.8, 4) is 0 Å². The molecule has 0 atom stereocenters. The number of fused-ring (bicyclic) bond motifs is 8. The number of hydrogen-bond donors (Lipinski definition) is 25. The number of nitrogens with zero attached hydrogens (tertiary/aromatic N) is 13. The lowest BCUT2D eigenvalue weighted by Gasteiger charge is -2.12. The van der Waals surface area contributed by atoms with Gasteiger partial charge in [0.1, 0.15) is 34.9 Å². The van der Waals surface area contributed by atoms with E-state index < -0.39 is 0 Å². The van der Waals surface area contributed by atoms with E-state index in [1.54, 1.807) is 49.6 Å². The lowest BCUT2D eigenvalue weighted by Crippen LogP contribution is -2.05. The van der Waals surface area contributed by atoms with E-state index in [2.05, 4.69) is 185 Å². The third-order valence-electron chi connectivity index (χ3n) is 22.2. The summed E-state index contributed by atoms with van der Waals surface area (Å²) in [4.78, 5) is 94.7. The number of aromatic amines is 15. The molecule has 1 aliphatic carbocycles. The van der Waals surface area contributed by atoms with Crippen LogP contribution in [0.4, 0.5) is 116 Å². The van der Waals surface area contributed by atoms with Crippen LogP contribution in [0.15, 0.2) is 242 Å². The van der Waals surface area contributed by atoms with Crippen LogP contribution < -0.4 is 81.0 Å². The molecule has 44 heteroatoms. The summed E-state index contributed by atoms with van der Waals surface area (Å²) >= 11 is 0. The number of benzene rings is 8. The largest absolute Gasteiger partial charge is 0.378 e. The number of rotatable bonds is 24. The minimum atomic E-state index is -0.157. The van der Waals surface area contributed by atoms with Crippen molar-refractivity contribution in [1.82, 2.24) is 142 Å². The molecule has 24 rings (SSSR count). The van der Waals surface area contributed by atoms with Crippen molar-refractivity contribution in [3.05, 3.63) is 310 Å². The summed E-state index contributed by atoms with van der Waals surface area (Å²) in [6.45, 7) is 10.1. The molecule has 0 bridgehead atoms. The van der Waals surface area contributed by atoms with Gasteiger partial charge in [-0.25, -0.2) is 24.9 Å². The second-order valence-corrected chi connectivity index (χ2v) is 32.6. The van der Waals surface area contributed by atoms with Crippen LogP contribution in [0.1, 0.15) is 65.5 Å². The van der Waals surface area contributed by atoms with Gasteiger partial charge in [-0.05, 0) is 168 Å². The molecular weight excluding hydrogens is 1770 g/mol. The van der Waals surface area contributed by atoms with Gasteiger partial charge >= 0.3 is 0 Å². The lowest BCUT2D eigenvalue weighted by molar-refractivity contribution is 0.181. The number of hydrogen-bond acceptors (Lipinski definition) is 29. The number of H-pyrrole nitrogens is 15. The van der Waals surface area contributed by atoms with Gasteiger partial charge in [0, 0.05) is 140 Å². The van der Waals surface area contributed by atoms with Crippen LogP contribution >= 0.6 is 0 Å². The van der Waals surface area contributed by atoms with Gasteiger partial charge in [0.2, 0.25) is 17.8 Å². The van der Waals surface area contributed by atoms with E-state index in [0.717, 1.165) is 147 Å². The Morgan fingerprint density at radius 2 is 0.712 bits per heavy atom. The molecule has 0 amide bonds. The van der Waals surface area contributed by atoms with Crippen molar-refractivity contribution in [2.24, 2.45) is 0 Å². The van der Waals surface area contributed by atoms with E-state index in [0.29, 0.717) is 115 Å². The van der Waals surface area contributed by atoms with Gasteiger partial charge in [0.25, 0.3) is 27.8 Å². The topological polar surface area (TPSA) is 619 Å². The van der Waals surface area contributed by atoms with E-state index in [-0.39, 0.29) is 27.8 Å². The highest BCUT2D eigenvalue weighted by molar-refractivity contribution is 6.00. The van der Waals surface area contributed by atoms with Crippen LogP contribution in [0.3, 0.4) is 0 Å². The Morgan fingerprint density at radius 1 is 0.302 bits per heavy atom. The molecule has 0 radical (unpaired) electrons. The van der Waals surface area contributed by atoms with Crippen LogP contribution in [0.5, 0.6) is 0 Å². The van der Waals surface area contributed by atoms with Gasteiger partial charge in [-0.15, -0.1) is 0 Å². The summed E-state index contributed by atoms with van der Waals surface area (Å²) in [7, 11) is 1.61. The molecule has 15 heterocycles. The predicted octanol–water partition coefficient (Wildman–Crippen LogP) is 16.8. The average Bonchev–Trinajstić information content (AvgIpc) is 1.77. The first-order valence-corrected chi connectivity index (χ1v) is 43.9. The number of methoxy groups -OCH3 is 1. The van der Waals surface area contributed by atoms with Gasteiger partial charge in [-0.3, -0.25) is 100 Å². The molecule has 25 N–H and O–H groups in total. The maximum Gasteiger partial charge on any atom is 0.271 e. The highest BCUT2D eigenvalue weighted by atomic mass is 16.5. The van der Waals surface area contributed by atoms with E-state index in [1.807, 2.05) is 211 Å². The summed E-state index contributed by atoms with van der Waals surface area (Å²) in [6.07, 6.45) is 3.22. The molecule has 694 valence electrons. The van der Waals surface area contributed by atoms with Gasteiger partial charge in [-0.2, -0.15) is 40.4 Å². The van der Waals surface area contributed by atoms with Crippen molar-refractivity contribution in [1.29, 1.82) is 0 Å². The SMILES string of the molecule is CCc1cc(Nc2cc(C)[nH]n2)nc(Nc2ccc3c(=O)[nH][nH]c3c2)n1.COCc1cc(Nc2cc(C)[nH]n2)nc(Nc2ccc3c(=O)[nH][nH]c3c2)n1.Cc1cc(Nc2cc(C3CC3)[nH]n2)nc(Nc2ccc3c(=O)[nH][nH]c3c2)n1.Cc1cc(Nc2cc(Nc3ccc4c(=O)[nH][nH]c4c3)nc3ccccc23)n[nH]1.O=c1[nH][nH]c2cc(Nc3cc4ccccc4c(Nc4n[nH]c5ccccc45)n3)ccc12. The Labute approximate surface area is 782 Å². The molecule has 0 saturated heterocycles. The number of pyridine rings is 2. The Bertz CT molecular complexity index is 8760. The number of para-hydroxylation sites is 2. The third kappa shape index (κ3) is 20.4. The van der Waals surface area contributed by atoms with Gasteiger partial charge < -0.3 is 57.9 Å². The monoisotopic (exact) mass is 1860 g/mol. The first-order valence-electron chi connectivity index (χ1n) is 43.9. The zero-order valence-corrected chi connectivity index (χ0v) is 75.0. The zero-order valence-electron chi connectivity index (χ0n) is 75.0. The molecular formula is C95H88N38O6. The molecule has 15 aromatic heterocycles. The fraction of sp³-hybridized carbons (Fsp3) is 0.116. The zero-order chi connectivity index (χ0) is 95.2. The van der Waals surface area contributed by atoms with Crippen molar-refractivity contribution in [3.63, 3.8) is 0 Å². The molecule has 44 nitrogen and oxygen atoms in total. The van der Waals surface area contributed by atoms with Crippen LogP contribution in [0.2, 0.25) is 0 Å². The highest BCUT2D eigenvalue weighted by Gasteiger charge is 2.26. The molecule has 0 unspecified atom stereocenters. The fourth-order valence-electron chi connectivity index (χ4n) is 15.4. The average molecular weight is 1860 g/mol. The van der Waals surface area contributed by atoms with Gasteiger partial charge in [0.05, 0.1) is 83.5 Å². The Morgan fingerprint density at radius 3 is 1.19 bits per heavy atom. The van der Waals surface area contributed by atoms with Gasteiger partial charge in [-0.1, -0.05) is 61.5 Å². The second kappa shape index (κ2) is 38.3. The standard InChI is InChI=1S/C23H17N7O.C20H17N7O.C18H18N8O.C17H18N8O2.C17H18N8O/c31-23-17-10-9-14(12-19(17)28-30-23)24-20-11-13-5-1-2-6-15(13)21(25-20)26-22-16-7-3-4-8-18(16)27-29-22;1-11-8-19(26-24-11)23-16-10-18(22-15-5-3-2-4-13(15)16)21-12-6-7-14-17(9-12)25-27-20(14)28;1-9-6-15(21-16-8-13(23-25-16)10-2-3-10)22-18(19-9)20-11-4-5-12-14(7-11)24-26-17(12)27;1-9-5-15(24-22-9)20-14-7-11(8-27-2)19-17(21-14)18-10-3-4-12-13(6-10)23-25-16(12)26;1-3-10-8-14(20-15-6-9(2)22-24-15)21-17(18-10)19-11-4-5-12-13(7-11)23-25-16(12)26/h1-12H,(H2,28,30,31)(H3,24,25,26,27,29);2-10H,1H3,(H2,25,27,28)(H3,21,22,23,24,26);4-8,10H,2-3H2,1H3,(H2,24,26,27)(H3,19,20,21,22,23,25);3-7H,8H2,1-2H3,(H2,23,25,26)(H3,18,19,20,21,22,24);4-8H,3H2,1-2H3,(H2,23,25,26)(H3,18,19,20,21,22,24). The first kappa shape index (κ1) is 87.4. The molecule has 8 aromatic carbocycles. The smallest absolute Gasteiger partial charge is 0.271 e. The van der Waals surface area contributed by atoms with Crippen LogP contribution in [-0.2, 0) is 17.8 Å². The van der Waals surface area contributed by atoms with E-state index in [1.165, 1.54) is 12.8 Å². The summed E-state index contributed by atoms with van der Waals surface area (Å²) in [6, 6.07) is 68.3. The molecule has 0 spiro atoms. The number of nitrogens with one attached hydrogen (secondary N) is 25.